The van der Waals surface area contributed by atoms with E-state index in [1.807, 2.05) is 0 Å². The Labute approximate surface area is 54.2 Å². The fourth-order valence-corrected chi connectivity index (χ4v) is 0.312. The van der Waals surface area contributed by atoms with Crippen molar-refractivity contribution in [2.24, 2.45) is 5.73 Å². The first kappa shape index (κ1) is 7.99. The van der Waals surface area contributed by atoms with Crippen molar-refractivity contribution in [2.75, 3.05) is 13.2 Å². The third kappa shape index (κ3) is 4.85. The molecule has 0 spiro atoms. The van der Waals surface area contributed by atoms with Crippen LogP contribution in [0.5, 0.6) is 0 Å². The Morgan fingerprint density at radius 1 is 1.78 bits per heavy atom. The fourth-order valence-electron chi connectivity index (χ4n) is 0.312. The van der Waals surface area contributed by atoms with E-state index >= 15 is 0 Å². The van der Waals surface area contributed by atoms with Gasteiger partial charge in [-0.05, 0) is 0 Å². The molecular weight excluding hydrogens is 118 g/mol. The Morgan fingerprint density at radius 3 is 2.89 bits per heavy atom. The molecule has 3 nitrogen and oxygen atoms in total. The average Bonchev–Trinajstić information content (AvgIpc) is 1.85. The second kappa shape index (κ2) is 5.13. The number of rotatable bonds is 3. The van der Waals surface area contributed by atoms with Crippen LogP contribution in [0, 0.1) is 12.3 Å². The number of hydrogen-bond acceptors (Lipinski definition) is 3. The molecule has 0 aromatic carbocycles. The molecule has 9 heavy (non-hydrogen) atoms. The van der Waals surface area contributed by atoms with Gasteiger partial charge in [0.25, 0.3) is 0 Å². The lowest BCUT2D eigenvalue weighted by Gasteiger charge is -1.95. The van der Waals surface area contributed by atoms with Gasteiger partial charge in [-0.2, -0.15) is 0 Å². The molecule has 0 rings (SSSR count). The second-order valence-electron chi connectivity index (χ2n) is 1.40. The molecule has 0 aliphatic rings. The van der Waals surface area contributed by atoms with Gasteiger partial charge in [0.05, 0.1) is 6.42 Å². The zero-order valence-electron chi connectivity index (χ0n) is 5.09. The van der Waals surface area contributed by atoms with Gasteiger partial charge < -0.3 is 10.5 Å². The predicted molar refractivity (Wildman–Crippen MR) is 33.5 cm³/mol. The number of carbonyl (C=O) groups excluding carboxylic acids is 1. The SMILES string of the molecule is C#CCOC(=O)CCN. The van der Waals surface area contributed by atoms with E-state index in [9.17, 15) is 4.79 Å². The highest BCUT2D eigenvalue weighted by Gasteiger charge is 1.96. The maximum atomic E-state index is 10.4. The minimum atomic E-state index is -0.338. The van der Waals surface area contributed by atoms with Crippen molar-refractivity contribution in [1.82, 2.24) is 0 Å². The second-order valence-corrected chi connectivity index (χ2v) is 1.40. The zero-order chi connectivity index (χ0) is 7.11. The van der Waals surface area contributed by atoms with Crippen molar-refractivity contribution < 1.29 is 9.53 Å². The molecule has 0 saturated heterocycles. The Balaban J connectivity index is 3.19. The molecule has 50 valence electrons. The number of esters is 1. The van der Waals surface area contributed by atoms with Gasteiger partial charge in [0, 0.05) is 6.54 Å². The average molecular weight is 127 g/mol. The van der Waals surface area contributed by atoms with Crippen LogP contribution in [0.3, 0.4) is 0 Å². The van der Waals surface area contributed by atoms with Gasteiger partial charge in [-0.3, -0.25) is 4.79 Å². The summed E-state index contributed by atoms with van der Waals surface area (Å²) in [5.74, 6) is 1.84. The molecule has 3 heteroatoms. The van der Waals surface area contributed by atoms with Crippen molar-refractivity contribution in [2.45, 2.75) is 6.42 Å². The van der Waals surface area contributed by atoms with Gasteiger partial charge in [0.2, 0.25) is 0 Å². The van der Waals surface area contributed by atoms with E-state index in [1.165, 1.54) is 0 Å². The fraction of sp³-hybridized carbons (Fsp3) is 0.500. The Kier molecular flexibility index (Phi) is 4.56. The topological polar surface area (TPSA) is 52.3 Å². The minimum Gasteiger partial charge on any atom is -0.452 e. The van der Waals surface area contributed by atoms with Crippen molar-refractivity contribution in [1.29, 1.82) is 0 Å². The zero-order valence-corrected chi connectivity index (χ0v) is 5.09. The summed E-state index contributed by atoms with van der Waals surface area (Å²) in [6.45, 7) is 0.349. The molecule has 0 bridgehead atoms. The molecule has 0 amide bonds. The van der Waals surface area contributed by atoms with Crippen LogP contribution in [0.2, 0.25) is 0 Å². The number of hydrogen-bond donors (Lipinski definition) is 1. The van der Waals surface area contributed by atoms with Crippen LogP contribution < -0.4 is 5.73 Å². The molecule has 0 saturated carbocycles. The van der Waals surface area contributed by atoms with Gasteiger partial charge in [-0.25, -0.2) is 0 Å². The third-order valence-corrected chi connectivity index (χ3v) is 0.665. The highest BCUT2D eigenvalue weighted by atomic mass is 16.5. The summed E-state index contributed by atoms with van der Waals surface area (Å²) in [5, 5.41) is 0. The molecule has 0 fully saturated rings. The van der Waals surface area contributed by atoms with Crippen LogP contribution in [0.1, 0.15) is 6.42 Å². The maximum Gasteiger partial charge on any atom is 0.308 e. The van der Waals surface area contributed by atoms with Crippen molar-refractivity contribution >= 4 is 5.97 Å². The molecule has 2 N–H and O–H groups in total. The van der Waals surface area contributed by atoms with E-state index < -0.39 is 0 Å². The summed E-state index contributed by atoms with van der Waals surface area (Å²) in [5.41, 5.74) is 5.05. The van der Waals surface area contributed by atoms with Crippen molar-refractivity contribution in [3.05, 3.63) is 0 Å². The Morgan fingerprint density at radius 2 is 2.44 bits per heavy atom. The van der Waals surface area contributed by atoms with Crippen LogP contribution in [0.4, 0.5) is 0 Å². The molecule has 0 atom stereocenters. The largest absolute Gasteiger partial charge is 0.452 e. The van der Waals surface area contributed by atoms with Crippen LogP contribution in [-0.4, -0.2) is 19.1 Å². The van der Waals surface area contributed by atoms with Crippen LogP contribution in [0.15, 0.2) is 0 Å². The van der Waals surface area contributed by atoms with Crippen molar-refractivity contribution in [3.63, 3.8) is 0 Å². The first-order chi connectivity index (χ1) is 4.31. The summed E-state index contributed by atoms with van der Waals surface area (Å²) < 4.78 is 4.48. The molecule has 0 heterocycles. The number of terminal acetylenes is 1. The normalized spacial score (nSPS) is 8.00. The number of carbonyl (C=O) groups is 1. The standard InChI is InChI=1S/C6H9NO2/c1-2-5-9-6(8)3-4-7/h1H,3-5,7H2. The van der Waals surface area contributed by atoms with Gasteiger partial charge in [0.15, 0.2) is 6.61 Å². The van der Waals surface area contributed by atoms with Gasteiger partial charge >= 0.3 is 5.97 Å². The predicted octanol–water partition coefficient (Wildman–Crippen LogP) is -0.488. The summed E-state index contributed by atoms with van der Waals surface area (Å²) in [4.78, 5) is 10.4. The summed E-state index contributed by atoms with van der Waals surface area (Å²) in [7, 11) is 0. The van der Waals surface area contributed by atoms with E-state index in [-0.39, 0.29) is 19.0 Å². The molecule has 0 aromatic rings. The molecule has 0 aromatic heterocycles. The van der Waals surface area contributed by atoms with E-state index in [1.54, 1.807) is 0 Å². The van der Waals surface area contributed by atoms with Crippen LogP contribution in [-0.2, 0) is 9.53 Å². The summed E-state index contributed by atoms with van der Waals surface area (Å²) in [6, 6.07) is 0. The first-order valence-corrected chi connectivity index (χ1v) is 2.60. The van der Waals surface area contributed by atoms with E-state index in [0.717, 1.165) is 0 Å². The maximum absolute atomic E-state index is 10.4. The van der Waals surface area contributed by atoms with E-state index in [4.69, 9.17) is 12.2 Å². The van der Waals surface area contributed by atoms with Gasteiger partial charge in [-0.15, -0.1) is 6.42 Å². The lowest BCUT2D eigenvalue weighted by atomic mass is 10.4. The summed E-state index contributed by atoms with van der Waals surface area (Å²) >= 11 is 0. The smallest absolute Gasteiger partial charge is 0.308 e. The molecule has 0 unspecified atom stereocenters. The Hall–Kier alpha value is -1.01. The van der Waals surface area contributed by atoms with E-state index in [0.29, 0.717) is 6.54 Å². The molecule has 0 aliphatic heterocycles. The molecule has 0 radical (unpaired) electrons. The third-order valence-electron chi connectivity index (χ3n) is 0.665. The van der Waals surface area contributed by atoms with Gasteiger partial charge in [-0.1, -0.05) is 5.92 Å². The number of nitrogens with two attached hydrogens (primary N) is 1. The Bertz CT molecular complexity index is 126. The van der Waals surface area contributed by atoms with E-state index in [2.05, 4.69) is 10.7 Å². The minimum absolute atomic E-state index is 0.0405. The van der Waals surface area contributed by atoms with Crippen LogP contribution in [0.25, 0.3) is 0 Å². The quantitative estimate of drug-likeness (QED) is 0.411. The molecule has 0 aliphatic carbocycles. The lowest BCUT2D eigenvalue weighted by Crippen LogP contribution is -2.10. The monoisotopic (exact) mass is 127 g/mol. The summed E-state index contributed by atoms with van der Waals surface area (Å²) in [6.07, 6.45) is 5.05. The highest BCUT2D eigenvalue weighted by Crippen LogP contribution is 1.80. The van der Waals surface area contributed by atoms with Crippen molar-refractivity contribution in [3.8, 4) is 12.3 Å². The highest BCUT2D eigenvalue weighted by molar-refractivity contribution is 5.69. The van der Waals surface area contributed by atoms with Gasteiger partial charge in [0.1, 0.15) is 0 Å². The molecular formula is C6H9NO2. The lowest BCUT2D eigenvalue weighted by molar-refractivity contribution is -0.141. The number of ether oxygens (including phenoxy) is 1. The van der Waals surface area contributed by atoms with Crippen LogP contribution >= 0.6 is 0 Å². The first-order valence-electron chi connectivity index (χ1n) is 2.60.